The van der Waals surface area contributed by atoms with Gasteiger partial charge in [0.1, 0.15) is 5.02 Å². The van der Waals surface area contributed by atoms with E-state index in [1.807, 2.05) is 6.92 Å². The molecular weight excluding hydrogens is 272 g/mol. The molecule has 1 unspecified atom stereocenters. The molecule has 0 aliphatic heterocycles. The lowest BCUT2D eigenvalue weighted by molar-refractivity contribution is -0.384. The van der Waals surface area contributed by atoms with E-state index in [-0.39, 0.29) is 28.2 Å². The zero-order valence-electron chi connectivity index (χ0n) is 10.9. The zero-order chi connectivity index (χ0) is 14.6. The number of likely N-dealkylation sites (N-methyl/N-ethyl adjacent to an activating group) is 1. The Morgan fingerprint density at radius 2 is 2.21 bits per heavy atom. The third kappa shape index (κ3) is 3.42. The summed E-state index contributed by atoms with van der Waals surface area (Å²) in [6.07, 6.45) is 0. The quantitative estimate of drug-likeness (QED) is 0.615. The van der Waals surface area contributed by atoms with Crippen LogP contribution in [0.25, 0.3) is 0 Å². The lowest BCUT2D eigenvalue weighted by Crippen LogP contribution is -2.38. The molecule has 0 fully saturated rings. The van der Waals surface area contributed by atoms with Gasteiger partial charge in [-0.2, -0.15) is 0 Å². The molecule has 104 valence electrons. The Labute approximate surface area is 116 Å². The molecule has 0 aliphatic carbocycles. The predicted octanol–water partition coefficient (Wildman–Crippen LogP) is 2.36. The van der Waals surface area contributed by atoms with Crippen molar-refractivity contribution < 1.29 is 14.5 Å². The summed E-state index contributed by atoms with van der Waals surface area (Å²) in [5.41, 5.74) is -0.165. The van der Waals surface area contributed by atoms with Gasteiger partial charge >= 0.3 is 0 Å². The van der Waals surface area contributed by atoms with Gasteiger partial charge in [0.25, 0.3) is 11.6 Å². The third-order valence-electron chi connectivity index (χ3n) is 2.79. The molecule has 0 bridgehead atoms. The second-order valence-electron chi connectivity index (χ2n) is 4.12. The Bertz CT molecular complexity index is 493. The predicted molar refractivity (Wildman–Crippen MR) is 71.5 cm³/mol. The van der Waals surface area contributed by atoms with Crippen molar-refractivity contribution in [3.05, 3.63) is 38.9 Å². The van der Waals surface area contributed by atoms with Gasteiger partial charge in [-0.3, -0.25) is 14.9 Å². The van der Waals surface area contributed by atoms with Gasteiger partial charge in [-0.1, -0.05) is 17.7 Å². The van der Waals surface area contributed by atoms with Crippen LogP contribution in [0.2, 0.25) is 5.02 Å². The summed E-state index contributed by atoms with van der Waals surface area (Å²) in [5.74, 6) is -0.377. The Kier molecular flexibility index (Phi) is 5.26. The molecule has 0 saturated heterocycles. The molecule has 1 aromatic rings. The van der Waals surface area contributed by atoms with E-state index in [1.165, 1.54) is 30.2 Å². The molecule has 0 aliphatic rings. The summed E-state index contributed by atoms with van der Waals surface area (Å²) in [7, 11) is 3.14. The number of carbonyl (C=O) groups excluding carboxylic acids is 1. The fourth-order valence-electron chi connectivity index (χ4n) is 1.57. The zero-order valence-corrected chi connectivity index (χ0v) is 11.7. The maximum Gasteiger partial charge on any atom is 0.288 e. The first-order valence-corrected chi connectivity index (χ1v) is 5.97. The van der Waals surface area contributed by atoms with Gasteiger partial charge in [0, 0.05) is 20.2 Å². The van der Waals surface area contributed by atoms with Gasteiger partial charge in [0.15, 0.2) is 0 Å². The molecule has 19 heavy (non-hydrogen) atoms. The number of amides is 1. The topological polar surface area (TPSA) is 72.7 Å². The summed E-state index contributed by atoms with van der Waals surface area (Å²) in [6, 6.07) is 4.00. The summed E-state index contributed by atoms with van der Waals surface area (Å²) >= 11 is 5.90. The van der Waals surface area contributed by atoms with Crippen molar-refractivity contribution in [3.8, 4) is 0 Å². The number of nitrogens with zero attached hydrogens (tertiary/aromatic N) is 2. The molecule has 0 N–H and O–H groups in total. The molecule has 1 atom stereocenters. The minimum atomic E-state index is -0.613. The number of benzene rings is 1. The number of rotatable bonds is 5. The Morgan fingerprint density at radius 1 is 1.58 bits per heavy atom. The number of nitro groups is 1. The Morgan fingerprint density at radius 3 is 2.74 bits per heavy atom. The van der Waals surface area contributed by atoms with E-state index in [0.29, 0.717) is 6.61 Å². The van der Waals surface area contributed by atoms with Crippen molar-refractivity contribution in [1.82, 2.24) is 4.90 Å². The van der Waals surface area contributed by atoms with Crippen LogP contribution in [0.5, 0.6) is 0 Å². The van der Waals surface area contributed by atoms with Gasteiger partial charge in [-0.15, -0.1) is 0 Å². The summed E-state index contributed by atoms with van der Waals surface area (Å²) in [6.45, 7) is 2.18. The molecule has 0 saturated carbocycles. The Balaban J connectivity index is 3.06. The molecule has 1 aromatic carbocycles. The fraction of sp³-hybridized carbons (Fsp3) is 0.417. The molecule has 0 aromatic heterocycles. The van der Waals surface area contributed by atoms with E-state index in [1.54, 1.807) is 7.05 Å². The first kappa shape index (κ1) is 15.4. The molecule has 1 rings (SSSR count). The van der Waals surface area contributed by atoms with Crippen LogP contribution in [0.4, 0.5) is 5.69 Å². The summed E-state index contributed by atoms with van der Waals surface area (Å²) in [4.78, 5) is 23.8. The number of methoxy groups -OCH3 is 1. The minimum Gasteiger partial charge on any atom is -0.383 e. The van der Waals surface area contributed by atoms with Crippen LogP contribution >= 0.6 is 11.6 Å². The minimum absolute atomic E-state index is 0.112. The first-order valence-electron chi connectivity index (χ1n) is 5.59. The maximum absolute atomic E-state index is 12.2. The van der Waals surface area contributed by atoms with Gasteiger partial charge in [-0.25, -0.2) is 0 Å². The van der Waals surface area contributed by atoms with E-state index in [2.05, 4.69) is 0 Å². The monoisotopic (exact) mass is 286 g/mol. The highest BCUT2D eigenvalue weighted by atomic mass is 35.5. The van der Waals surface area contributed by atoms with Crippen molar-refractivity contribution in [2.45, 2.75) is 13.0 Å². The molecule has 6 nitrogen and oxygen atoms in total. The highest BCUT2D eigenvalue weighted by Crippen LogP contribution is 2.28. The van der Waals surface area contributed by atoms with Crippen LogP contribution in [0, 0.1) is 10.1 Å². The third-order valence-corrected chi connectivity index (χ3v) is 3.19. The molecule has 0 radical (unpaired) electrons. The second kappa shape index (κ2) is 6.49. The maximum atomic E-state index is 12.2. The summed E-state index contributed by atoms with van der Waals surface area (Å²) < 4.78 is 4.97. The smallest absolute Gasteiger partial charge is 0.288 e. The van der Waals surface area contributed by atoms with E-state index in [9.17, 15) is 14.9 Å². The van der Waals surface area contributed by atoms with E-state index in [4.69, 9.17) is 16.3 Å². The Hall–Kier alpha value is -1.66. The number of ether oxygens (including phenoxy) is 1. The van der Waals surface area contributed by atoms with E-state index < -0.39 is 4.92 Å². The van der Waals surface area contributed by atoms with Crippen LogP contribution in [-0.2, 0) is 4.74 Å². The van der Waals surface area contributed by atoms with Gasteiger partial charge < -0.3 is 9.64 Å². The lowest BCUT2D eigenvalue weighted by Gasteiger charge is -2.24. The van der Waals surface area contributed by atoms with Crippen molar-refractivity contribution >= 4 is 23.2 Å². The largest absolute Gasteiger partial charge is 0.383 e. The van der Waals surface area contributed by atoms with E-state index in [0.717, 1.165) is 0 Å². The molecule has 1 amide bonds. The highest BCUT2D eigenvalue weighted by Gasteiger charge is 2.24. The number of hydrogen-bond donors (Lipinski definition) is 0. The van der Waals surface area contributed by atoms with Crippen LogP contribution in [0.1, 0.15) is 17.3 Å². The van der Waals surface area contributed by atoms with Crippen LogP contribution in [0.15, 0.2) is 18.2 Å². The van der Waals surface area contributed by atoms with E-state index >= 15 is 0 Å². The lowest BCUT2D eigenvalue weighted by atomic mass is 10.1. The average Bonchev–Trinajstić information content (AvgIpc) is 2.37. The van der Waals surface area contributed by atoms with Crippen LogP contribution < -0.4 is 0 Å². The second-order valence-corrected chi connectivity index (χ2v) is 4.49. The molecule has 0 heterocycles. The standard InChI is InChI=1S/C12H15ClN2O4/c1-8(7-19-3)14(2)12(16)9-5-4-6-10(11(9)13)15(17)18/h4-6,8H,7H2,1-3H3. The van der Waals surface area contributed by atoms with Gasteiger partial charge in [0.05, 0.1) is 23.1 Å². The first-order chi connectivity index (χ1) is 8.90. The van der Waals surface area contributed by atoms with Crippen LogP contribution in [-0.4, -0.2) is 42.5 Å². The highest BCUT2D eigenvalue weighted by molar-refractivity contribution is 6.35. The van der Waals surface area contributed by atoms with Crippen molar-refractivity contribution in [3.63, 3.8) is 0 Å². The number of nitro benzene ring substituents is 1. The molecular formula is C12H15ClN2O4. The SMILES string of the molecule is COCC(C)N(C)C(=O)c1cccc([N+](=O)[O-])c1Cl. The molecule has 0 spiro atoms. The van der Waals surface area contributed by atoms with Crippen molar-refractivity contribution in [2.75, 3.05) is 20.8 Å². The molecule has 7 heteroatoms. The van der Waals surface area contributed by atoms with Crippen LogP contribution in [0.3, 0.4) is 0 Å². The number of hydrogen-bond acceptors (Lipinski definition) is 4. The van der Waals surface area contributed by atoms with Gasteiger partial charge in [-0.05, 0) is 13.0 Å². The van der Waals surface area contributed by atoms with Crippen molar-refractivity contribution in [2.24, 2.45) is 0 Å². The summed E-state index contributed by atoms with van der Waals surface area (Å²) in [5, 5.41) is 10.6. The fourth-order valence-corrected chi connectivity index (χ4v) is 1.84. The normalized spacial score (nSPS) is 12.0. The van der Waals surface area contributed by atoms with Gasteiger partial charge in [0.2, 0.25) is 0 Å². The average molecular weight is 287 g/mol. The van der Waals surface area contributed by atoms with Crippen molar-refractivity contribution in [1.29, 1.82) is 0 Å². The number of halogens is 1. The number of carbonyl (C=O) groups is 1.